The number of hydrogen-bond acceptors (Lipinski definition) is 3. The molecule has 5 nitrogen and oxygen atoms in total. The fraction of sp³-hybridized carbons (Fsp3) is 0.529. The van der Waals surface area contributed by atoms with Gasteiger partial charge in [0.25, 0.3) is 5.91 Å². The molecule has 0 bridgehead atoms. The lowest BCUT2D eigenvalue weighted by molar-refractivity contribution is 0.0697. The summed E-state index contributed by atoms with van der Waals surface area (Å²) in [6.45, 7) is 7.69. The van der Waals surface area contributed by atoms with E-state index in [0.29, 0.717) is 13.2 Å². The van der Waals surface area contributed by atoms with Crippen LogP contribution >= 0.6 is 15.9 Å². The predicted octanol–water partition coefficient (Wildman–Crippen LogP) is 3.60. The van der Waals surface area contributed by atoms with Crippen LogP contribution in [0, 0.1) is 6.92 Å². The maximum atomic E-state index is 12.9. The first-order valence-corrected chi connectivity index (χ1v) is 8.83. The van der Waals surface area contributed by atoms with Gasteiger partial charge in [-0.2, -0.15) is 0 Å². The topological polar surface area (TPSA) is 56.1 Å². The Balaban J connectivity index is 2.02. The Morgan fingerprint density at radius 2 is 2.13 bits per heavy atom. The van der Waals surface area contributed by atoms with Gasteiger partial charge < -0.3 is 14.6 Å². The van der Waals surface area contributed by atoms with Crippen LogP contribution in [-0.2, 0) is 4.74 Å². The number of carbonyl (C=O) groups is 1. The van der Waals surface area contributed by atoms with Crippen molar-refractivity contribution in [1.29, 1.82) is 0 Å². The van der Waals surface area contributed by atoms with Crippen LogP contribution in [0.3, 0.4) is 0 Å². The summed E-state index contributed by atoms with van der Waals surface area (Å²) in [4.78, 5) is 17.2. The summed E-state index contributed by atoms with van der Waals surface area (Å²) in [6.07, 6.45) is 3.53. The molecule has 1 aliphatic rings. The summed E-state index contributed by atoms with van der Waals surface area (Å²) in [5, 5.41) is 4.07. The third-order valence-corrected chi connectivity index (χ3v) is 4.83. The third-order valence-electron chi connectivity index (χ3n) is 4.40. The number of fused-ring (bicyclic) bond motifs is 1. The second kappa shape index (κ2) is 6.61. The summed E-state index contributed by atoms with van der Waals surface area (Å²) >= 11 is 3.43. The van der Waals surface area contributed by atoms with Crippen molar-refractivity contribution in [3.63, 3.8) is 0 Å². The minimum atomic E-state index is -0.0112. The Labute approximate surface area is 144 Å². The Morgan fingerprint density at radius 1 is 1.43 bits per heavy atom. The van der Waals surface area contributed by atoms with Crippen LogP contribution < -0.4 is 5.32 Å². The number of ether oxygens (including phenoxy) is 1. The van der Waals surface area contributed by atoms with Gasteiger partial charge >= 0.3 is 0 Å². The van der Waals surface area contributed by atoms with Gasteiger partial charge in [0.05, 0.1) is 11.1 Å². The van der Waals surface area contributed by atoms with Crippen molar-refractivity contribution in [2.24, 2.45) is 0 Å². The van der Waals surface area contributed by atoms with E-state index in [1.807, 2.05) is 13.0 Å². The number of aromatic nitrogens is 2. The molecule has 23 heavy (non-hydrogen) atoms. The van der Waals surface area contributed by atoms with Crippen LogP contribution in [0.25, 0.3) is 10.9 Å². The normalized spacial score (nSPS) is 16.2. The molecule has 1 amide bonds. The Morgan fingerprint density at radius 3 is 2.78 bits per heavy atom. The third kappa shape index (κ3) is 3.15. The predicted molar refractivity (Wildman–Crippen MR) is 93.9 cm³/mol. The van der Waals surface area contributed by atoms with E-state index in [4.69, 9.17) is 4.74 Å². The molecule has 1 N–H and O–H groups in total. The average Bonchev–Trinajstić information content (AvgIpc) is 2.79. The molecule has 0 radical (unpaired) electrons. The Bertz CT molecular complexity index is 733. The molecule has 0 atom stereocenters. The fourth-order valence-electron chi connectivity index (χ4n) is 3.36. The first-order valence-electron chi connectivity index (χ1n) is 8.03. The van der Waals surface area contributed by atoms with Crippen molar-refractivity contribution in [2.75, 3.05) is 13.2 Å². The van der Waals surface area contributed by atoms with Crippen LogP contribution in [0.4, 0.5) is 0 Å². The lowest BCUT2D eigenvalue weighted by atomic mass is 10.1. The van der Waals surface area contributed by atoms with E-state index in [0.717, 1.165) is 39.6 Å². The van der Waals surface area contributed by atoms with E-state index in [1.54, 1.807) is 6.20 Å². The van der Waals surface area contributed by atoms with Gasteiger partial charge in [0.2, 0.25) is 0 Å². The smallest absolute Gasteiger partial charge is 0.254 e. The average molecular weight is 380 g/mol. The zero-order valence-corrected chi connectivity index (χ0v) is 15.3. The van der Waals surface area contributed by atoms with E-state index in [-0.39, 0.29) is 18.0 Å². The van der Waals surface area contributed by atoms with Crippen LogP contribution in [0.1, 0.15) is 48.8 Å². The molecule has 0 spiro atoms. The van der Waals surface area contributed by atoms with Gasteiger partial charge in [0.1, 0.15) is 4.60 Å². The van der Waals surface area contributed by atoms with E-state index in [2.05, 4.69) is 44.6 Å². The van der Waals surface area contributed by atoms with Crippen LogP contribution in [0.5, 0.6) is 0 Å². The molecule has 3 heterocycles. The largest absolute Gasteiger partial charge is 0.381 e. The highest BCUT2D eigenvalue weighted by molar-refractivity contribution is 9.10. The minimum Gasteiger partial charge on any atom is -0.381 e. The van der Waals surface area contributed by atoms with Crippen molar-refractivity contribution in [3.05, 3.63) is 28.1 Å². The van der Waals surface area contributed by atoms with E-state index >= 15 is 0 Å². The zero-order valence-electron chi connectivity index (χ0n) is 13.7. The van der Waals surface area contributed by atoms with Gasteiger partial charge in [-0.05, 0) is 55.6 Å². The summed E-state index contributed by atoms with van der Waals surface area (Å²) < 4.78 is 8.33. The summed E-state index contributed by atoms with van der Waals surface area (Å²) in [6, 6.07) is 2.45. The first-order chi connectivity index (χ1) is 11.0. The van der Waals surface area contributed by atoms with Crippen LogP contribution in [0.2, 0.25) is 0 Å². The van der Waals surface area contributed by atoms with E-state index in [1.165, 1.54) is 0 Å². The summed E-state index contributed by atoms with van der Waals surface area (Å²) in [5.74, 6) is -0.0112. The molecule has 0 aromatic carbocycles. The number of amides is 1. The molecule has 1 aliphatic heterocycles. The van der Waals surface area contributed by atoms with E-state index in [9.17, 15) is 4.79 Å². The molecular weight excluding hydrogens is 358 g/mol. The van der Waals surface area contributed by atoms with Crippen LogP contribution in [0.15, 0.2) is 16.9 Å². The molecule has 0 saturated carbocycles. The maximum Gasteiger partial charge on any atom is 0.254 e. The number of nitrogens with zero attached hydrogens (tertiary/aromatic N) is 2. The molecule has 6 heteroatoms. The lowest BCUT2D eigenvalue weighted by Gasteiger charge is -2.23. The Kier molecular flexibility index (Phi) is 4.73. The van der Waals surface area contributed by atoms with Crippen molar-refractivity contribution >= 4 is 32.7 Å². The fourth-order valence-corrected chi connectivity index (χ4v) is 3.68. The second-order valence-corrected chi connectivity index (χ2v) is 7.12. The molecule has 3 rings (SSSR count). The van der Waals surface area contributed by atoms with Gasteiger partial charge in [-0.3, -0.25) is 4.79 Å². The van der Waals surface area contributed by atoms with Crippen molar-refractivity contribution in [3.8, 4) is 0 Å². The van der Waals surface area contributed by atoms with Crippen LogP contribution in [-0.4, -0.2) is 34.7 Å². The number of hydrogen-bond donors (Lipinski definition) is 1. The van der Waals surface area contributed by atoms with Gasteiger partial charge in [-0.25, -0.2) is 4.98 Å². The number of pyridine rings is 1. The second-order valence-electron chi connectivity index (χ2n) is 6.31. The van der Waals surface area contributed by atoms with Crippen molar-refractivity contribution in [1.82, 2.24) is 14.9 Å². The number of carbonyl (C=O) groups excluding carboxylic acids is 1. The molecule has 2 aromatic heterocycles. The number of nitrogens with one attached hydrogen (secondary N) is 1. The lowest BCUT2D eigenvalue weighted by Crippen LogP contribution is -2.39. The number of rotatable bonds is 3. The van der Waals surface area contributed by atoms with Crippen molar-refractivity contribution < 1.29 is 9.53 Å². The monoisotopic (exact) mass is 379 g/mol. The summed E-state index contributed by atoms with van der Waals surface area (Å²) in [7, 11) is 0. The van der Waals surface area contributed by atoms with Gasteiger partial charge in [-0.15, -0.1) is 0 Å². The van der Waals surface area contributed by atoms with Gasteiger partial charge in [0, 0.05) is 42.6 Å². The van der Waals surface area contributed by atoms with Crippen molar-refractivity contribution in [2.45, 2.75) is 45.7 Å². The zero-order chi connectivity index (χ0) is 16.6. The van der Waals surface area contributed by atoms with E-state index < -0.39 is 0 Å². The molecule has 1 saturated heterocycles. The maximum absolute atomic E-state index is 12.9. The number of halogens is 1. The Hall–Kier alpha value is -1.40. The van der Waals surface area contributed by atoms with Gasteiger partial charge in [-0.1, -0.05) is 0 Å². The molecule has 124 valence electrons. The molecular formula is C17H22BrN3O2. The highest BCUT2D eigenvalue weighted by Crippen LogP contribution is 2.30. The van der Waals surface area contributed by atoms with Gasteiger partial charge in [0.15, 0.2) is 0 Å². The minimum absolute atomic E-state index is 0.0112. The molecule has 0 unspecified atom stereocenters. The summed E-state index contributed by atoms with van der Waals surface area (Å²) in [5.41, 5.74) is 2.76. The highest BCUT2D eigenvalue weighted by atomic mass is 79.9. The SMILES string of the molecule is Cc1c(C(=O)NC2CCOCC2)c2cnc(Br)cc2n1C(C)C. The quantitative estimate of drug-likeness (QED) is 0.828. The standard InChI is InChI=1S/C17H22BrN3O2/c1-10(2)21-11(3)16(13-9-19-15(18)8-14(13)21)17(22)20-12-4-6-23-7-5-12/h8-10,12H,4-7H2,1-3H3,(H,20,22). The molecule has 2 aromatic rings. The molecule has 0 aliphatic carbocycles. The highest BCUT2D eigenvalue weighted by Gasteiger charge is 2.24. The first kappa shape index (κ1) is 16.5. The molecule has 1 fully saturated rings.